The number of carboxylic acid groups (broad SMARTS) is 2. The Morgan fingerprint density at radius 3 is 2.50 bits per heavy atom. The van der Waals surface area contributed by atoms with E-state index in [-0.39, 0.29) is 6.42 Å². The minimum absolute atomic E-state index is 0.161. The predicted molar refractivity (Wildman–Crippen MR) is 97.1 cm³/mol. The molecule has 3 N–H and O–H groups in total. The van der Waals surface area contributed by atoms with Gasteiger partial charge in [-0.3, -0.25) is 14.9 Å². The molecule has 1 heterocycles. The second-order valence-electron chi connectivity index (χ2n) is 6.38. The Labute approximate surface area is 152 Å². The maximum Gasteiger partial charge on any atom is 0.321 e. The van der Waals surface area contributed by atoms with Gasteiger partial charge in [-0.1, -0.05) is 37.6 Å². The lowest BCUT2D eigenvalue weighted by molar-refractivity contribution is -0.142. The molecule has 7 heteroatoms. The fraction of sp³-hybridized carbons (Fsp3) is 0.421. The summed E-state index contributed by atoms with van der Waals surface area (Å²) in [5.74, 6) is -2.11. The molecular formula is C19H25N3O4. The maximum absolute atomic E-state index is 11.6. The molecule has 1 aromatic heterocycles. The number of imidazole rings is 1. The smallest absolute Gasteiger partial charge is 0.321 e. The molecule has 0 aliphatic heterocycles. The Morgan fingerprint density at radius 1 is 1.19 bits per heavy atom. The molecule has 140 valence electrons. The number of hydrogen-bond donors (Lipinski definition) is 3. The number of carbonyl (C=O) groups is 2. The monoisotopic (exact) mass is 359 g/mol. The van der Waals surface area contributed by atoms with Gasteiger partial charge in [-0.05, 0) is 24.5 Å². The average molecular weight is 359 g/mol. The summed E-state index contributed by atoms with van der Waals surface area (Å²) < 4.78 is 1.90. The van der Waals surface area contributed by atoms with Crippen LogP contribution in [0.4, 0.5) is 0 Å². The van der Waals surface area contributed by atoms with Crippen LogP contribution in [-0.2, 0) is 22.6 Å². The van der Waals surface area contributed by atoms with Crippen molar-refractivity contribution in [1.29, 1.82) is 0 Å². The van der Waals surface area contributed by atoms with Crippen LogP contribution in [0.5, 0.6) is 0 Å². The Bertz CT molecular complexity index is 757. The van der Waals surface area contributed by atoms with E-state index in [2.05, 4.69) is 10.3 Å². The Morgan fingerprint density at radius 2 is 1.88 bits per heavy atom. The number of hydrogen-bond acceptors (Lipinski definition) is 4. The summed E-state index contributed by atoms with van der Waals surface area (Å²) in [6, 6.07) is 6.10. The van der Waals surface area contributed by atoms with Crippen molar-refractivity contribution >= 4 is 11.9 Å². The normalized spacial score (nSPS) is 13.3. The van der Waals surface area contributed by atoms with E-state index in [0.717, 1.165) is 16.8 Å². The third-order valence-corrected chi connectivity index (χ3v) is 4.39. The summed E-state index contributed by atoms with van der Waals surface area (Å²) in [6.07, 6.45) is 4.49. The molecule has 2 aromatic rings. The van der Waals surface area contributed by atoms with Crippen LogP contribution in [0.3, 0.4) is 0 Å². The fourth-order valence-electron chi connectivity index (χ4n) is 2.87. The Hall–Kier alpha value is -2.67. The van der Waals surface area contributed by atoms with E-state index in [9.17, 15) is 19.8 Å². The molecule has 0 radical (unpaired) electrons. The lowest BCUT2D eigenvalue weighted by Crippen LogP contribution is -2.48. The molecule has 0 aliphatic rings. The molecule has 0 saturated heterocycles. The predicted octanol–water partition coefficient (Wildman–Crippen LogP) is 2.08. The van der Waals surface area contributed by atoms with Gasteiger partial charge in [0, 0.05) is 24.9 Å². The van der Waals surface area contributed by atoms with Gasteiger partial charge in [0.15, 0.2) is 0 Å². The van der Waals surface area contributed by atoms with Crippen LogP contribution in [0.2, 0.25) is 0 Å². The molecule has 2 rings (SSSR count). The molecule has 0 bridgehead atoms. The van der Waals surface area contributed by atoms with Crippen molar-refractivity contribution in [2.24, 2.45) is 0 Å². The van der Waals surface area contributed by atoms with Crippen molar-refractivity contribution in [2.45, 2.75) is 51.7 Å². The molecule has 0 saturated carbocycles. The molecule has 1 unspecified atom stereocenters. The highest BCUT2D eigenvalue weighted by Crippen LogP contribution is 2.13. The van der Waals surface area contributed by atoms with E-state index >= 15 is 0 Å². The zero-order valence-corrected chi connectivity index (χ0v) is 15.1. The maximum atomic E-state index is 11.6. The van der Waals surface area contributed by atoms with E-state index in [1.54, 1.807) is 12.5 Å². The largest absolute Gasteiger partial charge is 0.480 e. The van der Waals surface area contributed by atoms with Crippen LogP contribution >= 0.6 is 0 Å². The highest BCUT2D eigenvalue weighted by molar-refractivity contribution is 5.77. The van der Waals surface area contributed by atoms with E-state index in [1.807, 2.05) is 42.7 Å². The number of aryl methyl sites for hydroxylation is 1. The summed E-state index contributed by atoms with van der Waals surface area (Å²) in [7, 11) is 0. The molecule has 0 spiro atoms. The van der Waals surface area contributed by atoms with Crippen molar-refractivity contribution < 1.29 is 19.8 Å². The van der Waals surface area contributed by atoms with Gasteiger partial charge in [-0.25, -0.2) is 4.98 Å². The first-order chi connectivity index (χ1) is 12.4. The van der Waals surface area contributed by atoms with Crippen LogP contribution in [-0.4, -0.2) is 43.8 Å². The van der Waals surface area contributed by atoms with Crippen LogP contribution < -0.4 is 5.32 Å². The van der Waals surface area contributed by atoms with Crippen LogP contribution in [0.25, 0.3) is 0 Å². The summed E-state index contributed by atoms with van der Waals surface area (Å²) >= 11 is 0. The summed E-state index contributed by atoms with van der Waals surface area (Å²) in [4.78, 5) is 27.1. The summed E-state index contributed by atoms with van der Waals surface area (Å²) in [6.45, 7) is 4.48. The number of carboxylic acids is 2. The Balaban J connectivity index is 2.15. The number of rotatable bonds is 10. The van der Waals surface area contributed by atoms with Crippen LogP contribution in [0.15, 0.2) is 36.8 Å². The highest BCUT2D eigenvalue weighted by atomic mass is 16.4. The zero-order valence-electron chi connectivity index (χ0n) is 15.1. The molecule has 0 fully saturated rings. The van der Waals surface area contributed by atoms with Gasteiger partial charge in [0.25, 0.3) is 0 Å². The number of benzene rings is 1. The summed E-state index contributed by atoms with van der Waals surface area (Å²) in [5.41, 5.74) is 3.02. The SMILES string of the molecule is CCCC(N[C@@H](Cc1cncn1Cc1ccccc1C)C(=O)O)C(=O)O. The Kier molecular flexibility index (Phi) is 6.91. The number of nitrogens with one attached hydrogen (secondary N) is 1. The van der Waals surface area contributed by atoms with Crippen molar-refractivity contribution in [2.75, 3.05) is 0 Å². The van der Waals surface area contributed by atoms with Gasteiger partial charge in [0.2, 0.25) is 0 Å². The number of nitrogens with zero attached hydrogens (tertiary/aromatic N) is 2. The lowest BCUT2D eigenvalue weighted by Gasteiger charge is -2.20. The van der Waals surface area contributed by atoms with Gasteiger partial charge in [-0.2, -0.15) is 0 Å². The van der Waals surface area contributed by atoms with Crippen molar-refractivity contribution in [1.82, 2.24) is 14.9 Å². The second-order valence-corrected chi connectivity index (χ2v) is 6.38. The van der Waals surface area contributed by atoms with Gasteiger partial charge in [0.1, 0.15) is 12.1 Å². The van der Waals surface area contributed by atoms with Gasteiger partial charge in [-0.15, -0.1) is 0 Å². The number of aromatic nitrogens is 2. The molecule has 0 aliphatic carbocycles. The van der Waals surface area contributed by atoms with Crippen molar-refractivity contribution in [3.8, 4) is 0 Å². The van der Waals surface area contributed by atoms with E-state index < -0.39 is 24.0 Å². The topological polar surface area (TPSA) is 104 Å². The first-order valence-corrected chi connectivity index (χ1v) is 8.67. The molecule has 26 heavy (non-hydrogen) atoms. The first kappa shape index (κ1) is 19.7. The van der Waals surface area contributed by atoms with Crippen molar-refractivity contribution in [3.05, 3.63) is 53.6 Å². The van der Waals surface area contributed by atoms with Gasteiger partial charge >= 0.3 is 11.9 Å². The van der Waals surface area contributed by atoms with E-state index in [4.69, 9.17) is 0 Å². The van der Waals surface area contributed by atoms with Gasteiger partial charge < -0.3 is 14.8 Å². The third kappa shape index (κ3) is 5.16. The molecule has 7 nitrogen and oxygen atoms in total. The fourth-order valence-corrected chi connectivity index (χ4v) is 2.87. The molecule has 0 amide bonds. The second kappa shape index (κ2) is 9.15. The average Bonchev–Trinajstić information content (AvgIpc) is 3.02. The van der Waals surface area contributed by atoms with Gasteiger partial charge in [0.05, 0.1) is 6.33 Å². The van der Waals surface area contributed by atoms with Crippen LogP contribution in [0, 0.1) is 6.92 Å². The number of aliphatic carboxylic acids is 2. The minimum atomic E-state index is -1.07. The molecular weight excluding hydrogens is 334 g/mol. The molecule has 2 atom stereocenters. The van der Waals surface area contributed by atoms with E-state index in [0.29, 0.717) is 19.4 Å². The minimum Gasteiger partial charge on any atom is -0.480 e. The van der Waals surface area contributed by atoms with E-state index in [1.165, 1.54) is 0 Å². The first-order valence-electron chi connectivity index (χ1n) is 8.67. The lowest BCUT2D eigenvalue weighted by atomic mass is 10.1. The van der Waals surface area contributed by atoms with Crippen LogP contribution in [0.1, 0.15) is 36.6 Å². The highest BCUT2D eigenvalue weighted by Gasteiger charge is 2.26. The summed E-state index contributed by atoms with van der Waals surface area (Å²) in [5, 5.41) is 21.5. The third-order valence-electron chi connectivity index (χ3n) is 4.39. The quantitative estimate of drug-likeness (QED) is 0.600. The zero-order chi connectivity index (χ0) is 19.1. The standard InChI is InChI=1S/C19H25N3O4/c1-3-6-16(18(23)24)21-17(19(25)26)9-15-10-20-12-22(15)11-14-8-5-4-7-13(14)2/h4-5,7-8,10,12,16-17,21H,3,6,9,11H2,1-2H3,(H,23,24)(H,25,26)/t16?,17-/m0/s1. The van der Waals surface area contributed by atoms with Crippen molar-refractivity contribution in [3.63, 3.8) is 0 Å². The molecule has 1 aromatic carbocycles.